The summed E-state index contributed by atoms with van der Waals surface area (Å²) in [5.74, 6) is 1.11. The third-order valence-electron chi connectivity index (χ3n) is 6.50. The van der Waals surface area contributed by atoms with Gasteiger partial charge in [-0.05, 0) is 49.7 Å². The molecule has 5 rings (SSSR count). The molecule has 1 aromatic heterocycles. The smallest absolute Gasteiger partial charge is 0.361 e. The lowest BCUT2D eigenvalue weighted by molar-refractivity contribution is -0.135. The Hall–Kier alpha value is -5.50. The number of ether oxygens (including phenoxy) is 2. The van der Waals surface area contributed by atoms with E-state index in [0.717, 1.165) is 16.8 Å². The van der Waals surface area contributed by atoms with Crippen LogP contribution in [0.1, 0.15) is 45.4 Å². The Morgan fingerprint density at radius 3 is 2.19 bits per heavy atom. The zero-order chi connectivity index (χ0) is 30.0. The molecule has 0 saturated heterocycles. The van der Waals surface area contributed by atoms with E-state index < -0.39 is 5.97 Å². The van der Waals surface area contributed by atoms with E-state index in [1.54, 1.807) is 55.5 Å². The first-order valence-electron chi connectivity index (χ1n) is 13.8. The van der Waals surface area contributed by atoms with E-state index in [1.807, 2.05) is 67.6 Å². The summed E-state index contributed by atoms with van der Waals surface area (Å²) < 4.78 is 16.9. The number of aryl methyl sites for hydroxylation is 1. The number of hydrogen-bond donors (Lipinski definition) is 0. The van der Waals surface area contributed by atoms with Crippen LogP contribution in [0.25, 0.3) is 11.5 Å². The predicted molar refractivity (Wildman–Crippen MR) is 162 cm³/mol. The van der Waals surface area contributed by atoms with Gasteiger partial charge in [0.1, 0.15) is 30.4 Å². The van der Waals surface area contributed by atoms with E-state index in [2.05, 4.69) is 10.1 Å². The van der Waals surface area contributed by atoms with Crippen LogP contribution in [0.4, 0.5) is 0 Å². The van der Waals surface area contributed by atoms with Gasteiger partial charge in [0.15, 0.2) is 11.5 Å². The highest BCUT2D eigenvalue weighted by Gasteiger charge is 2.19. The minimum atomic E-state index is -0.644. The number of oxime groups is 1. The molecule has 0 atom stereocenters. The zero-order valence-corrected chi connectivity index (χ0v) is 23.9. The lowest BCUT2D eigenvalue weighted by Gasteiger charge is -2.09. The lowest BCUT2D eigenvalue weighted by Crippen LogP contribution is -2.20. The minimum absolute atomic E-state index is 0.0256. The summed E-state index contributed by atoms with van der Waals surface area (Å²) in [6, 6.07) is 32.7. The second kappa shape index (κ2) is 13.9. The molecular weight excluding hydrogens is 544 g/mol. The largest absolute Gasteiger partial charge is 0.487 e. The maximum absolute atomic E-state index is 12.9. The third-order valence-corrected chi connectivity index (χ3v) is 6.50. The number of oxazole rings is 1. The van der Waals surface area contributed by atoms with E-state index in [1.165, 1.54) is 0 Å². The first-order chi connectivity index (χ1) is 21.0. The van der Waals surface area contributed by atoms with Crippen molar-refractivity contribution in [3.05, 3.63) is 143 Å². The number of nitrogens with zero attached hydrogens (tertiary/aromatic N) is 2. The van der Waals surface area contributed by atoms with Crippen molar-refractivity contribution in [2.24, 2.45) is 5.16 Å². The molecule has 0 aliphatic rings. The van der Waals surface area contributed by atoms with E-state index in [9.17, 15) is 9.59 Å². The van der Waals surface area contributed by atoms with Crippen LogP contribution in [0.15, 0.2) is 119 Å². The van der Waals surface area contributed by atoms with Gasteiger partial charge in [-0.1, -0.05) is 84.0 Å². The molecule has 1 heterocycles. The van der Waals surface area contributed by atoms with Crippen LogP contribution in [0.2, 0.25) is 0 Å². The van der Waals surface area contributed by atoms with Crippen LogP contribution >= 0.6 is 0 Å². The molecule has 0 saturated carbocycles. The Morgan fingerprint density at radius 1 is 0.791 bits per heavy atom. The van der Waals surface area contributed by atoms with E-state index in [-0.39, 0.29) is 31.3 Å². The van der Waals surface area contributed by atoms with Crippen LogP contribution in [0, 0.1) is 6.92 Å². The van der Waals surface area contributed by atoms with Crippen molar-refractivity contribution >= 4 is 17.5 Å². The van der Waals surface area contributed by atoms with Gasteiger partial charge in [0.2, 0.25) is 5.89 Å². The Kier molecular flexibility index (Phi) is 9.39. The molecule has 216 valence electrons. The Bertz CT molecular complexity index is 1710. The van der Waals surface area contributed by atoms with Crippen molar-refractivity contribution in [3.8, 4) is 17.2 Å². The number of carbonyl (C=O) groups excluding carboxylic acids is 2. The Labute approximate surface area is 249 Å². The molecule has 0 aliphatic carbocycles. The highest BCUT2D eigenvalue weighted by Crippen LogP contribution is 2.23. The van der Waals surface area contributed by atoms with Gasteiger partial charge in [-0.15, -0.1) is 0 Å². The van der Waals surface area contributed by atoms with Crippen molar-refractivity contribution in [3.63, 3.8) is 0 Å². The van der Waals surface area contributed by atoms with Crippen LogP contribution in [-0.2, 0) is 27.6 Å². The van der Waals surface area contributed by atoms with Crippen molar-refractivity contribution in [2.75, 3.05) is 6.61 Å². The number of hydrogen-bond acceptors (Lipinski definition) is 8. The number of aromatic nitrogens is 1. The van der Waals surface area contributed by atoms with Crippen molar-refractivity contribution in [2.45, 2.75) is 27.1 Å². The van der Waals surface area contributed by atoms with Gasteiger partial charge < -0.3 is 18.7 Å². The molecule has 8 nitrogen and oxygen atoms in total. The first-order valence-corrected chi connectivity index (χ1v) is 13.8. The van der Waals surface area contributed by atoms with Gasteiger partial charge in [-0.25, -0.2) is 9.78 Å². The van der Waals surface area contributed by atoms with Gasteiger partial charge in [-0.2, -0.15) is 0 Å². The summed E-state index contributed by atoms with van der Waals surface area (Å²) in [7, 11) is 0. The zero-order valence-electron chi connectivity index (χ0n) is 23.9. The fraction of sp³-hybridized carbons (Fsp3) is 0.143. The first kappa shape index (κ1) is 29.0. The van der Waals surface area contributed by atoms with Gasteiger partial charge in [-0.3, -0.25) is 4.79 Å². The molecule has 0 unspecified atom stereocenters. The topological polar surface area (TPSA) is 100 Å². The number of rotatable bonds is 12. The monoisotopic (exact) mass is 574 g/mol. The van der Waals surface area contributed by atoms with Gasteiger partial charge in [0, 0.05) is 22.3 Å². The second-order valence-corrected chi connectivity index (χ2v) is 9.53. The number of esters is 1. The second-order valence-electron chi connectivity index (χ2n) is 9.53. The Balaban J connectivity index is 1.23. The van der Waals surface area contributed by atoms with Crippen molar-refractivity contribution in [1.82, 2.24) is 4.98 Å². The average Bonchev–Trinajstić information content (AvgIpc) is 3.43. The molecule has 0 radical (unpaired) electrons. The molecule has 8 heteroatoms. The van der Waals surface area contributed by atoms with Crippen LogP contribution in [0.5, 0.6) is 5.75 Å². The molecule has 0 N–H and O–H groups in total. The van der Waals surface area contributed by atoms with E-state index in [0.29, 0.717) is 34.1 Å². The summed E-state index contributed by atoms with van der Waals surface area (Å²) in [4.78, 5) is 35.8. The molecule has 0 aliphatic heterocycles. The molecule has 43 heavy (non-hydrogen) atoms. The van der Waals surface area contributed by atoms with Gasteiger partial charge >= 0.3 is 5.97 Å². The highest BCUT2D eigenvalue weighted by atomic mass is 16.6. The van der Waals surface area contributed by atoms with Crippen LogP contribution in [-0.4, -0.2) is 29.1 Å². The lowest BCUT2D eigenvalue weighted by atomic mass is 10.00. The maximum atomic E-state index is 12.9. The molecule has 0 fully saturated rings. The molecular formula is C35H30N2O6. The quantitative estimate of drug-likeness (QED) is 0.0688. The summed E-state index contributed by atoms with van der Waals surface area (Å²) >= 11 is 0. The molecule has 0 bridgehead atoms. The molecule has 0 amide bonds. The van der Waals surface area contributed by atoms with Crippen LogP contribution in [0.3, 0.4) is 0 Å². The van der Waals surface area contributed by atoms with Crippen molar-refractivity contribution < 1.29 is 28.3 Å². The predicted octanol–water partition coefficient (Wildman–Crippen LogP) is 6.94. The minimum Gasteiger partial charge on any atom is -0.487 e. The van der Waals surface area contributed by atoms with E-state index in [4.69, 9.17) is 18.7 Å². The third kappa shape index (κ3) is 7.42. The van der Waals surface area contributed by atoms with E-state index >= 15 is 0 Å². The fourth-order valence-corrected chi connectivity index (χ4v) is 4.24. The number of ketones is 1. The molecule has 0 spiro atoms. The Morgan fingerprint density at radius 2 is 1.47 bits per heavy atom. The number of benzene rings is 4. The number of carbonyl (C=O) groups is 2. The normalized spacial score (nSPS) is 11.2. The maximum Gasteiger partial charge on any atom is 0.361 e. The SMILES string of the molecule is CCOC(=O)/C(=N/OCc1ccc(OCc2nc(-c3ccccc3)oc2C)cc1)c1cccc(C(=O)c2ccccc2)c1. The summed E-state index contributed by atoms with van der Waals surface area (Å²) in [5.41, 5.74) is 3.81. The van der Waals surface area contributed by atoms with Crippen molar-refractivity contribution in [1.29, 1.82) is 0 Å². The summed E-state index contributed by atoms with van der Waals surface area (Å²) in [5, 5.41) is 4.10. The highest BCUT2D eigenvalue weighted by molar-refractivity contribution is 6.43. The average molecular weight is 575 g/mol. The van der Waals surface area contributed by atoms with Gasteiger partial charge in [0.25, 0.3) is 0 Å². The molecule has 5 aromatic rings. The summed E-state index contributed by atoms with van der Waals surface area (Å²) in [6.45, 7) is 4.11. The fourth-order valence-electron chi connectivity index (χ4n) is 4.24. The van der Waals surface area contributed by atoms with Crippen LogP contribution < -0.4 is 4.74 Å². The molecule has 4 aromatic carbocycles. The van der Waals surface area contributed by atoms with Gasteiger partial charge in [0.05, 0.1) is 6.61 Å². The standard InChI is InChI=1S/C35H30N2O6/c1-3-40-35(39)32(28-15-10-16-29(21-28)33(38)26-11-6-4-7-12-26)37-42-22-25-17-19-30(20-18-25)41-23-31-24(2)43-34(36-31)27-13-8-5-9-14-27/h4-21H,3,22-23H2,1-2H3/b37-32+. The summed E-state index contributed by atoms with van der Waals surface area (Å²) in [6.07, 6.45) is 0.